The van der Waals surface area contributed by atoms with Gasteiger partial charge in [0.25, 0.3) is 0 Å². The smallest absolute Gasteiger partial charge is 0.118 e. The largest absolute Gasteiger partial charge is 0.389 e. The van der Waals surface area contributed by atoms with Gasteiger partial charge >= 0.3 is 0 Å². The number of rotatable bonds is 5. The SMILES string of the molecule is CCCCC(N)c1csc(CO)n1. The zero-order valence-corrected chi connectivity index (χ0v) is 8.68. The molecule has 0 aliphatic rings. The molecule has 4 heteroatoms. The van der Waals surface area contributed by atoms with Gasteiger partial charge in [-0.15, -0.1) is 11.3 Å². The second-order valence-corrected chi connectivity index (χ2v) is 4.02. The Morgan fingerprint density at radius 3 is 3.00 bits per heavy atom. The van der Waals surface area contributed by atoms with Crippen molar-refractivity contribution in [1.82, 2.24) is 4.98 Å². The molecule has 1 aromatic heterocycles. The van der Waals surface area contributed by atoms with Gasteiger partial charge in [0.15, 0.2) is 0 Å². The number of thiazole rings is 1. The van der Waals surface area contributed by atoms with Gasteiger partial charge in [-0.1, -0.05) is 19.8 Å². The lowest BCUT2D eigenvalue weighted by atomic mass is 10.1. The van der Waals surface area contributed by atoms with Crippen molar-refractivity contribution in [3.8, 4) is 0 Å². The summed E-state index contributed by atoms with van der Waals surface area (Å²) in [7, 11) is 0. The van der Waals surface area contributed by atoms with Crippen LogP contribution in [0.4, 0.5) is 0 Å². The van der Waals surface area contributed by atoms with E-state index >= 15 is 0 Å². The molecule has 1 heterocycles. The normalized spacial score (nSPS) is 13.2. The van der Waals surface area contributed by atoms with Crippen molar-refractivity contribution in [1.29, 1.82) is 0 Å². The maximum absolute atomic E-state index is 8.82. The number of nitrogens with two attached hydrogens (primary N) is 1. The third-order valence-corrected chi connectivity index (χ3v) is 2.81. The van der Waals surface area contributed by atoms with E-state index in [1.54, 1.807) is 0 Å². The van der Waals surface area contributed by atoms with Crippen molar-refractivity contribution in [3.63, 3.8) is 0 Å². The molecule has 0 bridgehead atoms. The zero-order chi connectivity index (χ0) is 9.68. The minimum atomic E-state index is 0.0190. The van der Waals surface area contributed by atoms with E-state index in [2.05, 4.69) is 11.9 Å². The lowest BCUT2D eigenvalue weighted by Gasteiger charge is -2.06. The third kappa shape index (κ3) is 3.06. The first-order chi connectivity index (χ1) is 6.27. The number of hydrogen-bond acceptors (Lipinski definition) is 4. The summed E-state index contributed by atoms with van der Waals surface area (Å²) in [5.74, 6) is 0. The van der Waals surface area contributed by atoms with E-state index in [9.17, 15) is 0 Å². The fraction of sp³-hybridized carbons (Fsp3) is 0.667. The van der Waals surface area contributed by atoms with E-state index in [1.165, 1.54) is 11.3 Å². The van der Waals surface area contributed by atoms with E-state index in [-0.39, 0.29) is 12.6 Å². The monoisotopic (exact) mass is 200 g/mol. The second kappa shape index (κ2) is 5.32. The van der Waals surface area contributed by atoms with Gasteiger partial charge in [0.1, 0.15) is 5.01 Å². The molecular weight excluding hydrogens is 184 g/mol. The van der Waals surface area contributed by atoms with Crippen LogP contribution < -0.4 is 5.73 Å². The first-order valence-electron chi connectivity index (χ1n) is 4.58. The van der Waals surface area contributed by atoms with Crippen LogP contribution in [0.15, 0.2) is 5.38 Å². The van der Waals surface area contributed by atoms with Crippen LogP contribution in [0.3, 0.4) is 0 Å². The molecule has 13 heavy (non-hydrogen) atoms. The van der Waals surface area contributed by atoms with Gasteiger partial charge < -0.3 is 10.8 Å². The molecule has 1 rings (SSSR count). The van der Waals surface area contributed by atoms with Crippen molar-refractivity contribution >= 4 is 11.3 Å². The Kier molecular flexibility index (Phi) is 4.35. The summed E-state index contributed by atoms with van der Waals surface area (Å²) in [6, 6.07) is 0.0384. The molecule has 3 nitrogen and oxygen atoms in total. The van der Waals surface area contributed by atoms with Crippen molar-refractivity contribution in [3.05, 3.63) is 16.1 Å². The molecule has 3 N–H and O–H groups in total. The molecule has 1 atom stereocenters. The molecule has 0 aromatic carbocycles. The molecule has 0 saturated carbocycles. The van der Waals surface area contributed by atoms with Gasteiger partial charge in [-0.2, -0.15) is 0 Å². The Hall–Kier alpha value is -0.450. The average molecular weight is 200 g/mol. The molecule has 1 aromatic rings. The zero-order valence-electron chi connectivity index (χ0n) is 7.86. The van der Waals surface area contributed by atoms with Crippen LogP contribution in [0.1, 0.15) is 42.9 Å². The molecular formula is C9H16N2OS. The number of aromatic nitrogens is 1. The Balaban J connectivity index is 2.50. The lowest BCUT2D eigenvalue weighted by Crippen LogP contribution is -2.10. The Morgan fingerprint density at radius 1 is 1.69 bits per heavy atom. The predicted molar refractivity (Wildman–Crippen MR) is 54.5 cm³/mol. The molecule has 0 amide bonds. The molecule has 0 aliphatic carbocycles. The summed E-state index contributed by atoms with van der Waals surface area (Å²) in [5, 5.41) is 11.5. The highest BCUT2D eigenvalue weighted by molar-refractivity contribution is 7.09. The van der Waals surface area contributed by atoms with Crippen LogP contribution in [-0.2, 0) is 6.61 Å². The minimum Gasteiger partial charge on any atom is -0.389 e. The van der Waals surface area contributed by atoms with E-state index in [0.29, 0.717) is 0 Å². The van der Waals surface area contributed by atoms with Crippen molar-refractivity contribution < 1.29 is 5.11 Å². The fourth-order valence-corrected chi connectivity index (χ4v) is 1.86. The van der Waals surface area contributed by atoms with Crippen LogP contribution in [0.5, 0.6) is 0 Å². The van der Waals surface area contributed by atoms with Gasteiger partial charge in [-0.25, -0.2) is 4.98 Å². The van der Waals surface area contributed by atoms with Gasteiger partial charge in [0.2, 0.25) is 0 Å². The quantitative estimate of drug-likeness (QED) is 0.762. The molecule has 0 fully saturated rings. The van der Waals surface area contributed by atoms with Crippen molar-refractivity contribution in [2.75, 3.05) is 0 Å². The lowest BCUT2D eigenvalue weighted by molar-refractivity contribution is 0.281. The Labute approximate surface area is 82.6 Å². The van der Waals surface area contributed by atoms with E-state index < -0.39 is 0 Å². The summed E-state index contributed by atoms with van der Waals surface area (Å²) in [4.78, 5) is 4.23. The fourth-order valence-electron chi connectivity index (χ4n) is 1.14. The second-order valence-electron chi connectivity index (χ2n) is 3.07. The minimum absolute atomic E-state index is 0.0190. The molecule has 0 radical (unpaired) electrons. The number of hydrogen-bond donors (Lipinski definition) is 2. The standard InChI is InChI=1S/C9H16N2OS/c1-2-3-4-7(10)8-6-13-9(5-12)11-8/h6-7,12H,2-5,10H2,1H3. The molecule has 0 spiro atoms. The summed E-state index contributed by atoms with van der Waals surface area (Å²) in [6.07, 6.45) is 3.27. The van der Waals surface area contributed by atoms with Crippen LogP contribution in [0, 0.1) is 0 Å². The molecule has 1 unspecified atom stereocenters. The third-order valence-electron chi connectivity index (χ3n) is 1.95. The van der Waals surface area contributed by atoms with Crippen molar-refractivity contribution in [2.24, 2.45) is 5.73 Å². The Morgan fingerprint density at radius 2 is 2.46 bits per heavy atom. The first-order valence-corrected chi connectivity index (χ1v) is 5.46. The van der Waals surface area contributed by atoms with Gasteiger partial charge in [-0.05, 0) is 6.42 Å². The van der Waals surface area contributed by atoms with Crippen molar-refractivity contribution in [2.45, 2.75) is 38.8 Å². The van der Waals surface area contributed by atoms with E-state index in [1.807, 2.05) is 5.38 Å². The molecule has 0 aliphatic heterocycles. The maximum Gasteiger partial charge on any atom is 0.118 e. The van der Waals surface area contributed by atoms with Crippen LogP contribution in [0.25, 0.3) is 0 Å². The highest BCUT2D eigenvalue weighted by Crippen LogP contribution is 2.19. The van der Waals surface area contributed by atoms with Gasteiger partial charge in [0, 0.05) is 11.4 Å². The molecule has 74 valence electrons. The molecule has 0 saturated heterocycles. The van der Waals surface area contributed by atoms with Gasteiger partial charge in [-0.3, -0.25) is 0 Å². The number of aliphatic hydroxyl groups excluding tert-OH is 1. The maximum atomic E-state index is 8.82. The van der Waals surface area contributed by atoms with Crippen LogP contribution in [-0.4, -0.2) is 10.1 Å². The van der Waals surface area contributed by atoms with E-state index in [0.717, 1.165) is 30.0 Å². The number of aliphatic hydroxyl groups is 1. The highest BCUT2D eigenvalue weighted by atomic mass is 32.1. The van der Waals surface area contributed by atoms with Gasteiger partial charge in [0.05, 0.1) is 12.3 Å². The first kappa shape index (κ1) is 10.6. The van der Waals surface area contributed by atoms with E-state index in [4.69, 9.17) is 10.8 Å². The topological polar surface area (TPSA) is 59.1 Å². The summed E-state index contributed by atoms with van der Waals surface area (Å²) < 4.78 is 0. The summed E-state index contributed by atoms with van der Waals surface area (Å²) in [5.41, 5.74) is 6.83. The van der Waals surface area contributed by atoms with Crippen LogP contribution in [0.2, 0.25) is 0 Å². The highest BCUT2D eigenvalue weighted by Gasteiger charge is 2.09. The number of nitrogens with zero attached hydrogens (tertiary/aromatic N) is 1. The Bertz CT molecular complexity index is 250. The predicted octanol–water partition coefficient (Wildman–Crippen LogP) is 1.83. The average Bonchev–Trinajstić information content (AvgIpc) is 2.62. The number of unbranched alkanes of at least 4 members (excludes halogenated alkanes) is 1. The van der Waals surface area contributed by atoms with Crippen LogP contribution >= 0.6 is 11.3 Å². The summed E-state index contributed by atoms with van der Waals surface area (Å²) >= 11 is 1.47. The summed E-state index contributed by atoms with van der Waals surface area (Å²) in [6.45, 7) is 2.16.